The van der Waals surface area contributed by atoms with Gasteiger partial charge in [-0.25, -0.2) is 0 Å². The number of nitrogens with one attached hydrogen (secondary N) is 1. The van der Waals surface area contributed by atoms with Gasteiger partial charge >= 0.3 is 0 Å². The van der Waals surface area contributed by atoms with Gasteiger partial charge in [0.05, 0.1) is 25.9 Å². The number of rotatable bonds is 10. The second-order valence-electron chi connectivity index (χ2n) is 14.9. The predicted molar refractivity (Wildman–Crippen MR) is 189 cm³/mol. The molecule has 1 unspecified atom stereocenters. The third kappa shape index (κ3) is 8.00. The Morgan fingerprint density at radius 2 is 1.37 bits per heavy atom. The minimum Gasteiger partial charge on any atom is -0.501 e. The monoisotopic (exact) mass is 673 g/mol. The van der Waals surface area contributed by atoms with E-state index in [1.54, 1.807) is 19.3 Å². The fourth-order valence-corrected chi connectivity index (χ4v) is 8.48. The van der Waals surface area contributed by atoms with Crippen LogP contribution in [0.5, 0.6) is 0 Å². The van der Waals surface area contributed by atoms with E-state index in [1.165, 1.54) is 0 Å². The zero-order valence-corrected chi connectivity index (χ0v) is 30.0. The van der Waals surface area contributed by atoms with Crippen LogP contribution in [0.2, 0.25) is 0 Å². The average molecular weight is 674 g/mol. The molecule has 49 heavy (non-hydrogen) atoms. The van der Waals surface area contributed by atoms with Crippen molar-refractivity contribution in [2.24, 2.45) is 5.92 Å². The fraction of sp³-hybridized carbons (Fsp3) is 0.615. The Bertz CT molecular complexity index is 1440. The van der Waals surface area contributed by atoms with Gasteiger partial charge in [0.2, 0.25) is 17.7 Å². The van der Waals surface area contributed by atoms with Gasteiger partial charge in [0.15, 0.2) is 0 Å². The minimum absolute atomic E-state index is 0.00598. The van der Waals surface area contributed by atoms with Crippen LogP contribution in [0.4, 0.5) is 0 Å². The van der Waals surface area contributed by atoms with Crippen molar-refractivity contribution in [1.82, 2.24) is 24.9 Å². The van der Waals surface area contributed by atoms with E-state index in [2.05, 4.69) is 59.8 Å². The molecule has 0 bridgehead atoms. The maximum absolute atomic E-state index is 14.2. The summed E-state index contributed by atoms with van der Waals surface area (Å²) in [4.78, 5) is 48.5. The molecular formula is C39H55N5O5. The van der Waals surface area contributed by atoms with Crippen molar-refractivity contribution in [2.45, 2.75) is 116 Å². The van der Waals surface area contributed by atoms with Crippen LogP contribution in [0.15, 0.2) is 65.7 Å². The number of amides is 3. The number of likely N-dealkylation sites (tertiary alicyclic amines) is 2. The Balaban J connectivity index is 1.14. The summed E-state index contributed by atoms with van der Waals surface area (Å²) in [5.74, 6) is 1.22. The van der Waals surface area contributed by atoms with Crippen LogP contribution in [-0.4, -0.2) is 107 Å². The van der Waals surface area contributed by atoms with E-state index < -0.39 is 0 Å². The van der Waals surface area contributed by atoms with Crippen molar-refractivity contribution >= 4 is 17.7 Å². The van der Waals surface area contributed by atoms with Gasteiger partial charge in [0.1, 0.15) is 5.76 Å². The van der Waals surface area contributed by atoms with Gasteiger partial charge < -0.3 is 34.4 Å². The van der Waals surface area contributed by atoms with Crippen molar-refractivity contribution in [3.8, 4) is 0 Å². The van der Waals surface area contributed by atoms with Crippen molar-refractivity contribution in [1.29, 1.82) is 0 Å². The van der Waals surface area contributed by atoms with Crippen LogP contribution in [0, 0.1) is 5.92 Å². The quantitative estimate of drug-likeness (QED) is 0.389. The first-order valence-electron chi connectivity index (χ1n) is 18.4. The van der Waals surface area contributed by atoms with E-state index in [0.29, 0.717) is 12.5 Å². The van der Waals surface area contributed by atoms with Gasteiger partial charge in [0.25, 0.3) is 0 Å². The minimum atomic E-state index is -0.159. The third-order valence-electron chi connectivity index (χ3n) is 11.4. The van der Waals surface area contributed by atoms with E-state index in [1.807, 2.05) is 29.2 Å². The van der Waals surface area contributed by atoms with Crippen LogP contribution in [0.1, 0.15) is 78.2 Å². The van der Waals surface area contributed by atoms with E-state index in [-0.39, 0.29) is 54.0 Å². The lowest BCUT2D eigenvalue weighted by molar-refractivity contribution is -0.138. The first kappa shape index (κ1) is 35.1. The SMILES string of the molecule is COC1=CC(=O)N(C2CCN(C3=CC(=O)N(C4CCN(C5=CC(=O)N[C@@H](C(C)C)C5)CC4)[C@H](C(C)OCc4ccccc4)C3)CC2)[C@H](C)C1. The summed E-state index contributed by atoms with van der Waals surface area (Å²) in [7, 11) is 1.63. The standard InChI is InChI=1S/C39H55N5O5/c1-26(2)35-20-32(22-37(45)40-35)41-17-13-31(14-18-41)44-36(28(4)49-25-29-9-7-6-8-10-29)21-33(23-38(44)46)42-15-11-30(12-16-42)43-27(3)19-34(48-5)24-39(43)47/h6-10,22-24,26-28,30-31,35-36H,11-21,25H2,1-5H3,(H,40,45)/t27-,28?,35-,36+/m1/s1. The average Bonchev–Trinajstić information content (AvgIpc) is 3.10. The normalized spacial score (nSPS) is 26.8. The van der Waals surface area contributed by atoms with Crippen LogP contribution < -0.4 is 5.32 Å². The molecule has 266 valence electrons. The first-order chi connectivity index (χ1) is 23.6. The van der Waals surface area contributed by atoms with Crippen LogP contribution >= 0.6 is 0 Å². The molecule has 0 radical (unpaired) electrons. The van der Waals surface area contributed by atoms with Crippen LogP contribution in [-0.2, 0) is 30.5 Å². The molecule has 0 aliphatic carbocycles. The summed E-state index contributed by atoms with van der Waals surface area (Å²) >= 11 is 0. The van der Waals surface area contributed by atoms with E-state index in [9.17, 15) is 14.4 Å². The van der Waals surface area contributed by atoms with Gasteiger partial charge in [-0.05, 0) is 51.0 Å². The van der Waals surface area contributed by atoms with Crippen molar-refractivity contribution in [3.05, 3.63) is 71.3 Å². The number of carbonyl (C=O) groups is 3. The Kier molecular flexibility index (Phi) is 11.0. The Morgan fingerprint density at radius 3 is 1.96 bits per heavy atom. The van der Waals surface area contributed by atoms with Gasteiger partial charge in [-0.15, -0.1) is 0 Å². The number of methoxy groups -OCH3 is 1. The molecule has 1 N–H and O–H groups in total. The highest BCUT2D eigenvalue weighted by Gasteiger charge is 2.41. The smallest absolute Gasteiger partial charge is 0.250 e. The number of nitrogens with zero attached hydrogens (tertiary/aromatic N) is 4. The molecule has 3 amide bonds. The lowest BCUT2D eigenvalue weighted by Gasteiger charge is -2.49. The predicted octanol–water partition coefficient (Wildman–Crippen LogP) is 4.58. The van der Waals surface area contributed by atoms with E-state index in [4.69, 9.17) is 9.47 Å². The topological polar surface area (TPSA) is 94.7 Å². The zero-order valence-electron chi connectivity index (χ0n) is 30.0. The Labute approximate surface area is 292 Å². The lowest BCUT2D eigenvalue weighted by Crippen LogP contribution is -2.58. The summed E-state index contributed by atoms with van der Waals surface area (Å²) in [6.45, 7) is 12.3. The lowest BCUT2D eigenvalue weighted by atomic mass is 9.91. The zero-order chi connectivity index (χ0) is 34.7. The summed E-state index contributed by atoms with van der Waals surface area (Å²) in [5.41, 5.74) is 3.31. The number of piperidine rings is 2. The molecule has 10 nitrogen and oxygen atoms in total. The molecule has 5 heterocycles. The molecule has 0 aromatic heterocycles. The number of ether oxygens (including phenoxy) is 2. The summed E-state index contributed by atoms with van der Waals surface area (Å²) in [6, 6.07) is 10.7. The van der Waals surface area contributed by atoms with Crippen molar-refractivity contribution in [3.63, 3.8) is 0 Å². The molecule has 1 aromatic carbocycles. The maximum atomic E-state index is 14.2. The molecule has 0 saturated carbocycles. The number of carbonyl (C=O) groups excluding carboxylic acids is 3. The molecular weight excluding hydrogens is 618 g/mol. The highest BCUT2D eigenvalue weighted by atomic mass is 16.5. The van der Waals surface area contributed by atoms with Gasteiger partial charge in [-0.1, -0.05) is 44.2 Å². The number of hydrogen-bond donors (Lipinski definition) is 1. The van der Waals surface area contributed by atoms with E-state index in [0.717, 1.165) is 93.8 Å². The second kappa shape index (κ2) is 15.4. The largest absolute Gasteiger partial charge is 0.501 e. The first-order valence-corrected chi connectivity index (χ1v) is 18.4. The highest BCUT2D eigenvalue weighted by molar-refractivity contribution is 5.90. The molecule has 1 aromatic rings. The molecule has 5 aliphatic rings. The summed E-state index contributed by atoms with van der Waals surface area (Å²) in [5, 5.41) is 3.11. The van der Waals surface area contributed by atoms with Gasteiger partial charge in [-0.3, -0.25) is 14.4 Å². The number of benzene rings is 1. The van der Waals surface area contributed by atoms with Gasteiger partial charge in [0, 0.05) is 99.2 Å². The molecule has 10 heteroatoms. The summed E-state index contributed by atoms with van der Waals surface area (Å²) < 4.78 is 11.9. The maximum Gasteiger partial charge on any atom is 0.250 e. The second-order valence-corrected chi connectivity index (χ2v) is 14.9. The number of hydrogen-bond acceptors (Lipinski definition) is 7. The Hall–Kier alpha value is -3.79. The molecule has 4 atom stereocenters. The van der Waals surface area contributed by atoms with Crippen LogP contribution in [0.25, 0.3) is 0 Å². The summed E-state index contributed by atoms with van der Waals surface area (Å²) in [6.07, 6.45) is 10.9. The Morgan fingerprint density at radius 1 is 0.776 bits per heavy atom. The van der Waals surface area contributed by atoms with E-state index >= 15 is 0 Å². The van der Waals surface area contributed by atoms with Crippen molar-refractivity contribution in [2.75, 3.05) is 33.3 Å². The third-order valence-corrected chi connectivity index (χ3v) is 11.4. The highest BCUT2D eigenvalue weighted by Crippen LogP contribution is 2.34. The molecule has 2 saturated heterocycles. The van der Waals surface area contributed by atoms with Crippen LogP contribution in [0.3, 0.4) is 0 Å². The van der Waals surface area contributed by atoms with Crippen molar-refractivity contribution < 1.29 is 23.9 Å². The molecule has 5 aliphatic heterocycles. The fourth-order valence-electron chi connectivity index (χ4n) is 8.48. The molecule has 6 rings (SSSR count). The molecule has 0 spiro atoms. The molecule has 2 fully saturated rings. The van der Waals surface area contributed by atoms with Gasteiger partial charge in [-0.2, -0.15) is 0 Å².